The molecule has 0 saturated carbocycles. The predicted molar refractivity (Wildman–Crippen MR) is 33.8 cm³/mol. The highest BCUT2D eigenvalue weighted by Crippen LogP contribution is 1.97. The molecular weight excluding hydrogens is 152 g/mol. The Balaban J connectivity index is 2.99. The minimum atomic E-state index is -0.117. The molecule has 0 atom stereocenters. The minimum absolute atomic E-state index is 0.117. The number of rotatable bonds is 1. The molecular formula is C4H2N4OS. The topological polar surface area (TPSA) is 82.2 Å². The Bertz CT molecular complexity index is 272. The van der Waals surface area contributed by atoms with E-state index >= 15 is 0 Å². The van der Waals surface area contributed by atoms with Crippen molar-refractivity contribution in [3.8, 4) is 6.07 Å². The lowest BCUT2D eigenvalue weighted by Gasteiger charge is -1.81. The van der Waals surface area contributed by atoms with Gasteiger partial charge in [-0.3, -0.25) is 0 Å². The number of oxime groups is 1. The molecule has 1 aromatic heterocycles. The first-order valence-electron chi connectivity index (χ1n) is 2.28. The van der Waals surface area contributed by atoms with Gasteiger partial charge in [0, 0.05) is 5.38 Å². The molecule has 0 amide bonds. The van der Waals surface area contributed by atoms with Crippen LogP contribution in [0.25, 0.3) is 0 Å². The van der Waals surface area contributed by atoms with Crippen molar-refractivity contribution in [3.05, 3.63) is 11.1 Å². The highest BCUT2D eigenvalue weighted by Gasteiger charge is 2.04. The fraction of sp³-hybridized carbons (Fsp3) is 0. The zero-order valence-corrected chi connectivity index (χ0v) is 5.54. The van der Waals surface area contributed by atoms with Gasteiger partial charge in [-0.05, 0) is 11.5 Å². The summed E-state index contributed by atoms with van der Waals surface area (Å²) < 4.78 is 3.49. The van der Waals surface area contributed by atoms with Crippen molar-refractivity contribution >= 4 is 17.2 Å². The molecule has 0 unspecified atom stereocenters. The maximum absolute atomic E-state index is 8.29. The van der Waals surface area contributed by atoms with Crippen LogP contribution in [0.4, 0.5) is 0 Å². The molecule has 0 radical (unpaired) electrons. The van der Waals surface area contributed by atoms with Crippen molar-refractivity contribution in [2.75, 3.05) is 0 Å². The summed E-state index contributed by atoms with van der Waals surface area (Å²) in [6.45, 7) is 0. The van der Waals surface area contributed by atoms with Crippen LogP contribution >= 0.6 is 11.5 Å². The summed E-state index contributed by atoms with van der Waals surface area (Å²) in [6.07, 6.45) is 0. The molecule has 0 aliphatic heterocycles. The second-order valence-corrected chi connectivity index (χ2v) is 1.96. The summed E-state index contributed by atoms with van der Waals surface area (Å²) in [5.41, 5.74) is 0.184. The molecule has 0 spiro atoms. The standard InChI is InChI=1S/C4H2N4OS/c5-1-3(7-9)4-2-10-8-6-4/h2,9H. The van der Waals surface area contributed by atoms with E-state index in [1.54, 1.807) is 6.07 Å². The van der Waals surface area contributed by atoms with Crippen molar-refractivity contribution in [2.45, 2.75) is 0 Å². The number of nitriles is 1. The molecule has 0 bridgehead atoms. The molecule has 0 aliphatic carbocycles. The lowest BCUT2D eigenvalue weighted by Crippen LogP contribution is -1.96. The van der Waals surface area contributed by atoms with E-state index in [1.807, 2.05) is 0 Å². The molecule has 0 aromatic carbocycles. The summed E-state index contributed by atoms with van der Waals surface area (Å²) >= 11 is 1.09. The molecule has 5 nitrogen and oxygen atoms in total. The lowest BCUT2D eigenvalue weighted by molar-refractivity contribution is 0.320. The van der Waals surface area contributed by atoms with Gasteiger partial charge < -0.3 is 5.21 Å². The van der Waals surface area contributed by atoms with Crippen LogP contribution < -0.4 is 0 Å². The van der Waals surface area contributed by atoms with Crippen molar-refractivity contribution < 1.29 is 5.21 Å². The summed E-state index contributed by atoms with van der Waals surface area (Å²) in [6, 6.07) is 1.66. The Morgan fingerprint density at radius 1 is 1.90 bits per heavy atom. The summed E-state index contributed by atoms with van der Waals surface area (Å²) in [4.78, 5) is 0. The second-order valence-electron chi connectivity index (χ2n) is 1.35. The monoisotopic (exact) mass is 154 g/mol. The van der Waals surface area contributed by atoms with Gasteiger partial charge in [0.1, 0.15) is 11.8 Å². The van der Waals surface area contributed by atoms with Gasteiger partial charge in [-0.1, -0.05) is 9.64 Å². The van der Waals surface area contributed by atoms with Crippen LogP contribution in [-0.2, 0) is 0 Å². The van der Waals surface area contributed by atoms with Gasteiger partial charge in [0.05, 0.1) is 0 Å². The van der Waals surface area contributed by atoms with Crippen molar-refractivity contribution in [1.82, 2.24) is 9.59 Å². The minimum Gasteiger partial charge on any atom is -0.410 e. The van der Waals surface area contributed by atoms with E-state index in [-0.39, 0.29) is 5.71 Å². The van der Waals surface area contributed by atoms with E-state index in [9.17, 15) is 0 Å². The SMILES string of the molecule is N#CC(=NO)c1csnn1. The Hall–Kier alpha value is -1.48. The van der Waals surface area contributed by atoms with Crippen molar-refractivity contribution in [1.29, 1.82) is 5.26 Å². The first-order chi connectivity index (χ1) is 4.88. The summed E-state index contributed by atoms with van der Waals surface area (Å²) in [5, 5.41) is 24.2. The number of hydrogen-bond donors (Lipinski definition) is 1. The zero-order valence-electron chi connectivity index (χ0n) is 4.72. The van der Waals surface area contributed by atoms with Crippen LogP contribution in [0.15, 0.2) is 10.5 Å². The molecule has 6 heteroatoms. The molecule has 50 valence electrons. The highest BCUT2D eigenvalue weighted by molar-refractivity contribution is 7.03. The van der Waals surface area contributed by atoms with Gasteiger partial charge in [-0.2, -0.15) is 5.26 Å². The third kappa shape index (κ3) is 1.09. The maximum Gasteiger partial charge on any atom is 0.207 e. The molecule has 1 rings (SSSR count). The molecule has 0 saturated heterocycles. The Morgan fingerprint density at radius 3 is 3.10 bits per heavy atom. The fourth-order valence-electron chi connectivity index (χ4n) is 0.399. The largest absolute Gasteiger partial charge is 0.410 e. The van der Waals surface area contributed by atoms with Gasteiger partial charge in [-0.25, -0.2) is 0 Å². The summed E-state index contributed by atoms with van der Waals surface area (Å²) in [7, 11) is 0. The average molecular weight is 154 g/mol. The van der Waals surface area contributed by atoms with Gasteiger partial charge in [0.25, 0.3) is 0 Å². The normalized spacial score (nSPS) is 10.9. The second kappa shape index (κ2) is 2.89. The number of hydrogen-bond acceptors (Lipinski definition) is 6. The smallest absolute Gasteiger partial charge is 0.207 e. The third-order valence-corrected chi connectivity index (χ3v) is 1.31. The van der Waals surface area contributed by atoms with E-state index in [1.165, 1.54) is 5.38 Å². The molecule has 0 aliphatic rings. The van der Waals surface area contributed by atoms with Gasteiger partial charge >= 0.3 is 0 Å². The Labute approximate surface area is 60.4 Å². The van der Waals surface area contributed by atoms with E-state index in [4.69, 9.17) is 10.5 Å². The first-order valence-corrected chi connectivity index (χ1v) is 3.11. The molecule has 10 heavy (non-hydrogen) atoms. The van der Waals surface area contributed by atoms with Gasteiger partial charge in [0.2, 0.25) is 5.71 Å². The Morgan fingerprint density at radius 2 is 2.70 bits per heavy atom. The van der Waals surface area contributed by atoms with E-state index in [0.717, 1.165) is 11.5 Å². The quantitative estimate of drug-likeness (QED) is 0.357. The zero-order chi connectivity index (χ0) is 7.40. The van der Waals surface area contributed by atoms with Crippen LogP contribution in [0.2, 0.25) is 0 Å². The van der Waals surface area contributed by atoms with Crippen LogP contribution in [0, 0.1) is 11.3 Å². The fourth-order valence-corrected chi connectivity index (χ4v) is 0.840. The highest BCUT2D eigenvalue weighted by atomic mass is 32.1. The molecule has 1 aromatic rings. The van der Waals surface area contributed by atoms with Crippen LogP contribution in [0.3, 0.4) is 0 Å². The maximum atomic E-state index is 8.29. The van der Waals surface area contributed by atoms with E-state index in [0.29, 0.717) is 5.69 Å². The number of aromatic nitrogens is 2. The van der Waals surface area contributed by atoms with Crippen LogP contribution in [-0.4, -0.2) is 20.5 Å². The van der Waals surface area contributed by atoms with Crippen LogP contribution in [0.1, 0.15) is 5.69 Å². The lowest BCUT2D eigenvalue weighted by atomic mass is 10.3. The summed E-state index contributed by atoms with van der Waals surface area (Å²) in [5.74, 6) is 0. The van der Waals surface area contributed by atoms with E-state index in [2.05, 4.69) is 14.7 Å². The molecule has 1 heterocycles. The molecule has 1 N–H and O–H groups in total. The third-order valence-electron chi connectivity index (χ3n) is 0.809. The van der Waals surface area contributed by atoms with Crippen molar-refractivity contribution in [3.63, 3.8) is 0 Å². The predicted octanol–water partition coefficient (Wildman–Crippen LogP) is 0.240. The Kier molecular flexibility index (Phi) is 1.92. The van der Waals surface area contributed by atoms with Crippen LogP contribution in [0.5, 0.6) is 0 Å². The van der Waals surface area contributed by atoms with Crippen molar-refractivity contribution in [2.24, 2.45) is 5.16 Å². The van der Waals surface area contributed by atoms with Gasteiger partial charge in [-0.15, -0.1) is 5.10 Å². The number of nitrogens with zero attached hydrogens (tertiary/aromatic N) is 4. The molecule has 0 fully saturated rings. The van der Waals surface area contributed by atoms with Gasteiger partial charge in [0.15, 0.2) is 0 Å². The van der Waals surface area contributed by atoms with E-state index < -0.39 is 0 Å². The average Bonchev–Trinajstić information content (AvgIpc) is 2.43. The first kappa shape index (κ1) is 6.64.